The van der Waals surface area contributed by atoms with Crippen LogP contribution in [0.3, 0.4) is 0 Å². The van der Waals surface area contributed by atoms with Gasteiger partial charge in [-0.15, -0.1) is 0 Å². The monoisotopic (exact) mass is 320 g/mol. The van der Waals surface area contributed by atoms with Crippen LogP contribution in [0.15, 0.2) is 24.3 Å². The van der Waals surface area contributed by atoms with Crippen LogP contribution in [0.4, 0.5) is 5.69 Å². The zero-order valence-corrected chi connectivity index (χ0v) is 14.1. The van der Waals surface area contributed by atoms with Gasteiger partial charge in [0.1, 0.15) is 5.75 Å². The first kappa shape index (κ1) is 17.3. The van der Waals surface area contributed by atoms with Gasteiger partial charge >= 0.3 is 0 Å². The second kappa shape index (κ2) is 7.46. The summed E-state index contributed by atoms with van der Waals surface area (Å²) in [6.45, 7) is 6.59. The molecule has 1 aliphatic heterocycles. The van der Waals surface area contributed by atoms with Crippen LogP contribution in [0.25, 0.3) is 0 Å². The molecule has 0 aliphatic carbocycles. The van der Waals surface area contributed by atoms with Crippen molar-refractivity contribution in [2.75, 3.05) is 31.7 Å². The maximum absolute atomic E-state index is 12.8. The predicted octanol–water partition coefficient (Wildman–Crippen LogP) is 1.68. The molecular weight excluding hydrogens is 296 g/mol. The number of amides is 2. The molecule has 1 aromatic rings. The van der Waals surface area contributed by atoms with Gasteiger partial charge < -0.3 is 19.3 Å². The fraction of sp³-hybridized carbons (Fsp3) is 0.529. The lowest BCUT2D eigenvalue weighted by atomic mass is 10.1. The van der Waals surface area contributed by atoms with Crippen LogP contribution in [0.5, 0.6) is 5.75 Å². The largest absolute Gasteiger partial charge is 0.476 e. The summed E-state index contributed by atoms with van der Waals surface area (Å²) in [6, 6.07) is 7.22. The van der Waals surface area contributed by atoms with Crippen molar-refractivity contribution in [3.63, 3.8) is 0 Å². The summed E-state index contributed by atoms with van der Waals surface area (Å²) >= 11 is 0. The molecule has 1 aromatic carbocycles. The number of ether oxygens (including phenoxy) is 2. The van der Waals surface area contributed by atoms with Gasteiger partial charge in [0, 0.05) is 20.6 Å². The second-order valence-electron chi connectivity index (χ2n) is 5.63. The van der Waals surface area contributed by atoms with E-state index in [-0.39, 0.29) is 24.4 Å². The van der Waals surface area contributed by atoms with E-state index in [4.69, 9.17) is 9.47 Å². The van der Waals surface area contributed by atoms with Gasteiger partial charge in [-0.3, -0.25) is 9.59 Å². The first-order valence-electron chi connectivity index (χ1n) is 7.82. The van der Waals surface area contributed by atoms with Gasteiger partial charge in [-0.25, -0.2) is 0 Å². The van der Waals surface area contributed by atoms with Gasteiger partial charge in [-0.05, 0) is 26.0 Å². The molecule has 0 saturated carbocycles. The molecule has 2 amide bonds. The minimum absolute atomic E-state index is 0.0518. The second-order valence-corrected chi connectivity index (χ2v) is 5.63. The number of likely N-dealkylation sites (N-methyl/N-ethyl adjacent to an activating group) is 1. The highest BCUT2D eigenvalue weighted by Gasteiger charge is 2.35. The van der Waals surface area contributed by atoms with Crippen LogP contribution >= 0.6 is 0 Å². The van der Waals surface area contributed by atoms with Crippen molar-refractivity contribution in [1.82, 2.24) is 4.90 Å². The third-order valence-electron chi connectivity index (χ3n) is 3.99. The minimum atomic E-state index is -0.701. The van der Waals surface area contributed by atoms with E-state index in [9.17, 15) is 9.59 Å². The molecule has 2 rings (SSSR count). The van der Waals surface area contributed by atoms with Gasteiger partial charge in [-0.2, -0.15) is 0 Å². The third kappa shape index (κ3) is 3.64. The Kier molecular flexibility index (Phi) is 5.60. The Labute approximate surface area is 137 Å². The van der Waals surface area contributed by atoms with E-state index in [1.54, 1.807) is 23.0 Å². The average Bonchev–Trinajstić information content (AvgIpc) is 2.54. The molecule has 0 radical (unpaired) electrons. The molecule has 6 nitrogen and oxygen atoms in total. The highest BCUT2D eigenvalue weighted by atomic mass is 16.5. The van der Waals surface area contributed by atoms with E-state index in [1.165, 1.54) is 6.92 Å². The summed E-state index contributed by atoms with van der Waals surface area (Å²) in [5, 5.41) is 0. The van der Waals surface area contributed by atoms with Crippen LogP contribution in [-0.4, -0.2) is 55.7 Å². The van der Waals surface area contributed by atoms with Crippen LogP contribution in [0, 0.1) is 0 Å². The standard InChI is InChI=1S/C17H24N2O4/c1-5-18(12(2)11-22-4)17(21)16-10-19(13(3)20)14-8-6-7-9-15(14)23-16/h6-9,12,16H,5,10-11H2,1-4H3/t12-,16-/m1/s1. The molecule has 0 unspecified atom stereocenters. The topological polar surface area (TPSA) is 59.1 Å². The lowest BCUT2D eigenvalue weighted by molar-refractivity contribution is -0.141. The molecule has 0 aromatic heterocycles. The van der Waals surface area contributed by atoms with Crippen LogP contribution in [0.1, 0.15) is 20.8 Å². The van der Waals surface area contributed by atoms with Crippen molar-refractivity contribution in [3.05, 3.63) is 24.3 Å². The van der Waals surface area contributed by atoms with Crippen molar-refractivity contribution < 1.29 is 19.1 Å². The summed E-state index contributed by atoms with van der Waals surface area (Å²) in [5.41, 5.74) is 0.706. The number of para-hydroxylation sites is 2. The molecular formula is C17H24N2O4. The average molecular weight is 320 g/mol. The molecule has 2 atom stereocenters. The van der Waals surface area contributed by atoms with Crippen molar-refractivity contribution in [2.45, 2.75) is 32.9 Å². The van der Waals surface area contributed by atoms with Crippen LogP contribution in [-0.2, 0) is 14.3 Å². The molecule has 126 valence electrons. The number of fused-ring (bicyclic) bond motifs is 1. The third-order valence-corrected chi connectivity index (χ3v) is 3.99. The molecule has 0 fully saturated rings. The Hall–Kier alpha value is -2.08. The highest BCUT2D eigenvalue weighted by molar-refractivity contribution is 5.95. The lowest BCUT2D eigenvalue weighted by Crippen LogP contribution is -2.54. The maximum atomic E-state index is 12.8. The van der Waals surface area contributed by atoms with Gasteiger partial charge in [0.05, 0.1) is 24.9 Å². The van der Waals surface area contributed by atoms with Crippen LogP contribution in [0.2, 0.25) is 0 Å². The van der Waals surface area contributed by atoms with E-state index in [0.29, 0.717) is 24.6 Å². The number of nitrogens with zero attached hydrogens (tertiary/aromatic N) is 2. The number of anilines is 1. The zero-order valence-electron chi connectivity index (χ0n) is 14.1. The number of hydrogen-bond acceptors (Lipinski definition) is 4. The lowest BCUT2D eigenvalue weighted by Gasteiger charge is -2.37. The fourth-order valence-corrected chi connectivity index (χ4v) is 2.86. The van der Waals surface area contributed by atoms with Crippen molar-refractivity contribution in [3.8, 4) is 5.75 Å². The first-order chi connectivity index (χ1) is 11.0. The molecule has 6 heteroatoms. The van der Waals surface area contributed by atoms with E-state index >= 15 is 0 Å². The SMILES string of the molecule is CCN(C(=O)[C@H]1CN(C(C)=O)c2ccccc2O1)[C@H](C)COC. The quantitative estimate of drug-likeness (QED) is 0.828. The fourth-order valence-electron chi connectivity index (χ4n) is 2.86. The number of carbonyl (C=O) groups is 2. The van der Waals surface area contributed by atoms with E-state index in [1.807, 2.05) is 32.0 Å². The van der Waals surface area contributed by atoms with E-state index in [2.05, 4.69) is 0 Å². The Balaban J connectivity index is 2.24. The van der Waals surface area contributed by atoms with Crippen molar-refractivity contribution >= 4 is 17.5 Å². The Morgan fingerprint density at radius 1 is 1.43 bits per heavy atom. The van der Waals surface area contributed by atoms with Gasteiger partial charge in [0.15, 0.2) is 6.10 Å². The number of rotatable bonds is 5. The zero-order chi connectivity index (χ0) is 17.0. The molecule has 0 N–H and O–H groups in total. The smallest absolute Gasteiger partial charge is 0.265 e. The predicted molar refractivity (Wildman–Crippen MR) is 87.6 cm³/mol. The molecule has 0 saturated heterocycles. The Bertz CT molecular complexity index is 575. The van der Waals surface area contributed by atoms with Gasteiger partial charge in [-0.1, -0.05) is 12.1 Å². The number of benzene rings is 1. The first-order valence-corrected chi connectivity index (χ1v) is 7.82. The summed E-state index contributed by atoms with van der Waals surface area (Å²) < 4.78 is 11.0. The Morgan fingerprint density at radius 3 is 2.74 bits per heavy atom. The summed E-state index contributed by atoms with van der Waals surface area (Å²) in [5.74, 6) is 0.326. The normalized spacial score (nSPS) is 17.9. The molecule has 0 spiro atoms. The minimum Gasteiger partial charge on any atom is -0.476 e. The summed E-state index contributed by atoms with van der Waals surface area (Å²) in [4.78, 5) is 28.1. The molecule has 0 bridgehead atoms. The van der Waals surface area contributed by atoms with Gasteiger partial charge in [0.2, 0.25) is 5.91 Å². The molecule has 1 heterocycles. The molecule has 23 heavy (non-hydrogen) atoms. The summed E-state index contributed by atoms with van der Waals surface area (Å²) in [7, 11) is 1.61. The number of hydrogen-bond donors (Lipinski definition) is 0. The summed E-state index contributed by atoms with van der Waals surface area (Å²) in [6.07, 6.45) is -0.701. The van der Waals surface area contributed by atoms with Crippen molar-refractivity contribution in [1.29, 1.82) is 0 Å². The van der Waals surface area contributed by atoms with E-state index in [0.717, 1.165) is 0 Å². The Morgan fingerprint density at radius 2 is 2.13 bits per heavy atom. The van der Waals surface area contributed by atoms with Crippen molar-refractivity contribution in [2.24, 2.45) is 0 Å². The maximum Gasteiger partial charge on any atom is 0.265 e. The number of methoxy groups -OCH3 is 1. The number of carbonyl (C=O) groups excluding carboxylic acids is 2. The highest BCUT2D eigenvalue weighted by Crippen LogP contribution is 2.33. The van der Waals surface area contributed by atoms with E-state index < -0.39 is 6.10 Å². The molecule has 1 aliphatic rings. The van der Waals surface area contributed by atoms with Gasteiger partial charge in [0.25, 0.3) is 5.91 Å². The van der Waals surface area contributed by atoms with Crippen LogP contribution < -0.4 is 9.64 Å².